The molecule has 0 saturated carbocycles. The number of sulfone groups is 1. The predicted molar refractivity (Wildman–Crippen MR) is 105 cm³/mol. The van der Waals surface area contributed by atoms with E-state index in [9.17, 15) is 8.42 Å². The van der Waals surface area contributed by atoms with Crippen LogP contribution in [0.5, 0.6) is 5.75 Å². The predicted octanol–water partition coefficient (Wildman–Crippen LogP) is 3.56. The Balaban J connectivity index is 1.83. The van der Waals surface area contributed by atoms with E-state index in [4.69, 9.17) is 21.4 Å². The summed E-state index contributed by atoms with van der Waals surface area (Å²) in [4.78, 5) is 0.237. The van der Waals surface area contributed by atoms with Crippen LogP contribution in [0, 0.1) is 0 Å². The van der Waals surface area contributed by atoms with Gasteiger partial charge in [0.2, 0.25) is 0 Å². The zero-order valence-electron chi connectivity index (χ0n) is 14.6. The minimum absolute atomic E-state index is 0.0741. The van der Waals surface area contributed by atoms with Crippen LogP contribution in [0.25, 0.3) is 22.5 Å². The average molecular weight is 407 g/mol. The van der Waals surface area contributed by atoms with E-state index in [2.05, 4.69) is 10.2 Å². The number of aliphatic hydroxyl groups excluding tert-OH is 1. The minimum Gasteiger partial charge on any atom is -0.495 e. The molecule has 0 fully saturated rings. The van der Waals surface area contributed by atoms with Crippen molar-refractivity contribution < 1.29 is 18.3 Å². The second-order valence-corrected chi connectivity index (χ2v) is 8.45. The van der Waals surface area contributed by atoms with Gasteiger partial charge in [0.25, 0.3) is 0 Å². The number of nitrogens with zero attached hydrogens (tertiary/aromatic N) is 1. The van der Waals surface area contributed by atoms with Crippen LogP contribution in [0.1, 0.15) is 6.42 Å². The smallest absolute Gasteiger partial charge is 0.178 e. The number of hydrogen-bond donors (Lipinski definition) is 2. The van der Waals surface area contributed by atoms with Crippen molar-refractivity contribution in [1.82, 2.24) is 10.2 Å². The van der Waals surface area contributed by atoms with Crippen LogP contribution in [0.15, 0.2) is 53.4 Å². The lowest BCUT2D eigenvalue weighted by molar-refractivity contribution is 0.295. The highest BCUT2D eigenvalue weighted by Crippen LogP contribution is 2.31. The summed E-state index contributed by atoms with van der Waals surface area (Å²) < 4.78 is 29.5. The number of benzene rings is 2. The third-order valence-electron chi connectivity index (χ3n) is 4.12. The van der Waals surface area contributed by atoms with Gasteiger partial charge in [0, 0.05) is 12.2 Å². The maximum Gasteiger partial charge on any atom is 0.178 e. The quantitative estimate of drug-likeness (QED) is 0.625. The Hall–Kier alpha value is -2.35. The van der Waals surface area contributed by atoms with Gasteiger partial charge in [0.05, 0.1) is 34.2 Å². The Morgan fingerprint density at radius 2 is 1.81 bits per heavy atom. The fraction of sp³-hybridized carbons (Fsp3) is 0.211. The van der Waals surface area contributed by atoms with Crippen molar-refractivity contribution in [3.8, 4) is 28.3 Å². The van der Waals surface area contributed by atoms with Gasteiger partial charge in [-0.05, 0) is 48.4 Å². The summed E-state index contributed by atoms with van der Waals surface area (Å²) in [5.41, 5.74) is 3.13. The molecule has 0 atom stereocenters. The van der Waals surface area contributed by atoms with Gasteiger partial charge < -0.3 is 9.84 Å². The van der Waals surface area contributed by atoms with Gasteiger partial charge in [-0.15, -0.1) is 0 Å². The average Bonchev–Trinajstić information content (AvgIpc) is 3.16. The zero-order chi connectivity index (χ0) is 19.4. The molecule has 8 heteroatoms. The van der Waals surface area contributed by atoms with Crippen LogP contribution in [0.2, 0.25) is 5.02 Å². The second kappa shape index (κ2) is 8.12. The van der Waals surface area contributed by atoms with E-state index < -0.39 is 9.84 Å². The van der Waals surface area contributed by atoms with E-state index in [1.165, 1.54) is 0 Å². The van der Waals surface area contributed by atoms with Gasteiger partial charge >= 0.3 is 0 Å². The van der Waals surface area contributed by atoms with Crippen molar-refractivity contribution >= 4 is 21.4 Å². The molecule has 2 aromatic carbocycles. The molecule has 1 aromatic heterocycles. The number of rotatable bonds is 7. The second-order valence-electron chi connectivity index (χ2n) is 5.94. The van der Waals surface area contributed by atoms with Crippen LogP contribution in [-0.2, 0) is 9.84 Å². The first kappa shape index (κ1) is 19.4. The molecule has 0 spiro atoms. The molecule has 142 valence electrons. The maximum absolute atomic E-state index is 12.2. The van der Waals surface area contributed by atoms with E-state index in [0.29, 0.717) is 16.5 Å². The molecule has 27 heavy (non-hydrogen) atoms. The van der Waals surface area contributed by atoms with Gasteiger partial charge in [-0.3, -0.25) is 5.10 Å². The lowest BCUT2D eigenvalue weighted by Gasteiger charge is -2.04. The molecule has 2 N–H and O–H groups in total. The van der Waals surface area contributed by atoms with E-state index in [1.807, 2.05) is 12.1 Å². The molecule has 0 saturated heterocycles. The number of H-pyrrole nitrogens is 1. The Bertz CT molecular complexity index is 1030. The Labute approximate surface area is 162 Å². The molecule has 0 unspecified atom stereocenters. The highest BCUT2D eigenvalue weighted by Gasteiger charge is 2.14. The number of aromatic amines is 1. The molecule has 0 aliphatic heterocycles. The first-order chi connectivity index (χ1) is 12.9. The molecule has 6 nitrogen and oxygen atoms in total. The number of nitrogens with one attached hydrogen (secondary N) is 1. The zero-order valence-corrected chi connectivity index (χ0v) is 16.2. The van der Waals surface area contributed by atoms with Crippen molar-refractivity contribution in [2.75, 3.05) is 19.5 Å². The fourth-order valence-electron chi connectivity index (χ4n) is 2.66. The summed E-state index contributed by atoms with van der Waals surface area (Å²) in [5, 5.41) is 16.6. The number of ether oxygens (including phenoxy) is 1. The van der Waals surface area contributed by atoms with E-state index in [0.717, 1.165) is 16.8 Å². The standard InChI is InChI=1S/C19H19ClN2O4S/c1-26-19-8-5-14(11-16(19)20)18-12-17(21-22-18)13-3-6-15(7-4-13)27(24,25)10-2-9-23/h3-8,11-12,23H,2,9-10H2,1H3,(H,21,22). The molecule has 0 aliphatic carbocycles. The van der Waals surface area contributed by atoms with Crippen molar-refractivity contribution in [1.29, 1.82) is 0 Å². The van der Waals surface area contributed by atoms with Crippen LogP contribution in [0.4, 0.5) is 0 Å². The lowest BCUT2D eigenvalue weighted by atomic mass is 10.1. The number of methoxy groups -OCH3 is 1. The number of hydrogen-bond acceptors (Lipinski definition) is 5. The van der Waals surface area contributed by atoms with Gasteiger partial charge in [-0.25, -0.2) is 8.42 Å². The van der Waals surface area contributed by atoms with E-state index >= 15 is 0 Å². The van der Waals surface area contributed by atoms with Gasteiger partial charge in [-0.1, -0.05) is 23.7 Å². The molecular weight excluding hydrogens is 388 g/mol. The monoisotopic (exact) mass is 406 g/mol. The van der Waals surface area contributed by atoms with Gasteiger partial charge in [-0.2, -0.15) is 5.10 Å². The summed E-state index contributed by atoms with van der Waals surface area (Å²) in [6.07, 6.45) is 0.221. The number of aromatic nitrogens is 2. The van der Waals surface area contributed by atoms with Gasteiger partial charge in [0.1, 0.15) is 5.75 Å². The summed E-state index contributed by atoms with van der Waals surface area (Å²) in [6, 6.07) is 13.9. The summed E-state index contributed by atoms with van der Waals surface area (Å²) in [5.74, 6) is 0.518. The van der Waals surface area contributed by atoms with Crippen molar-refractivity contribution in [3.05, 3.63) is 53.6 Å². The summed E-state index contributed by atoms with van der Waals surface area (Å²) >= 11 is 6.16. The Morgan fingerprint density at radius 1 is 1.11 bits per heavy atom. The number of aliphatic hydroxyl groups is 1. The number of halogens is 1. The Kier molecular flexibility index (Phi) is 5.84. The summed E-state index contributed by atoms with van der Waals surface area (Å²) in [7, 11) is -1.83. The Morgan fingerprint density at radius 3 is 2.44 bits per heavy atom. The highest BCUT2D eigenvalue weighted by atomic mass is 35.5. The third kappa shape index (κ3) is 4.32. The van der Waals surface area contributed by atoms with Gasteiger partial charge in [0.15, 0.2) is 9.84 Å². The first-order valence-corrected chi connectivity index (χ1v) is 10.3. The molecule has 0 radical (unpaired) electrons. The van der Waals surface area contributed by atoms with E-state index in [1.54, 1.807) is 43.5 Å². The highest BCUT2D eigenvalue weighted by molar-refractivity contribution is 7.91. The molecule has 0 bridgehead atoms. The van der Waals surface area contributed by atoms with Crippen molar-refractivity contribution in [2.45, 2.75) is 11.3 Å². The minimum atomic E-state index is -3.38. The lowest BCUT2D eigenvalue weighted by Crippen LogP contribution is -2.08. The SMILES string of the molecule is COc1ccc(-c2cc(-c3ccc(S(=O)(=O)CCCO)cc3)[nH]n2)cc1Cl. The normalized spacial score (nSPS) is 11.5. The maximum atomic E-state index is 12.2. The molecule has 3 rings (SSSR count). The fourth-order valence-corrected chi connectivity index (χ4v) is 4.21. The summed E-state index contributed by atoms with van der Waals surface area (Å²) in [6.45, 7) is -0.149. The first-order valence-electron chi connectivity index (χ1n) is 8.28. The molecule has 1 heterocycles. The third-order valence-corrected chi connectivity index (χ3v) is 6.23. The van der Waals surface area contributed by atoms with Crippen LogP contribution in [0.3, 0.4) is 0 Å². The van der Waals surface area contributed by atoms with Crippen LogP contribution < -0.4 is 4.74 Å². The van der Waals surface area contributed by atoms with E-state index in [-0.39, 0.29) is 23.7 Å². The van der Waals surface area contributed by atoms with Crippen LogP contribution in [-0.4, -0.2) is 43.2 Å². The molecule has 3 aromatic rings. The molecular formula is C19H19ClN2O4S. The van der Waals surface area contributed by atoms with Crippen molar-refractivity contribution in [2.24, 2.45) is 0 Å². The molecule has 0 aliphatic rings. The molecule has 0 amide bonds. The largest absolute Gasteiger partial charge is 0.495 e. The van der Waals surface area contributed by atoms with Crippen molar-refractivity contribution in [3.63, 3.8) is 0 Å². The van der Waals surface area contributed by atoms with Crippen LogP contribution >= 0.6 is 11.6 Å². The topological polar surface area (TPSA) is 92.3 Å².